The van der Waals surface area contributed by atoms with Gasteiger partial charge in [-0.05, 0) is 50.5 Å². The monoisotopic (exact) mass is 414 g/mol. The molecule has 0 spiro atoms. The molecule has 10 nitrogen and oxygen atoms in total. The van der Waals surface area contributed by atoms with Crippen LogP contribution in [0.25, 0.3) is 17.2 Å². The van der Waals surface area contributed by atoms with E-state index in [9.17, 15) is 18.8 Å². The molecule has 1 saturated heterocycles. The predicted octanol–water partition coefficient (Wildman–Crippen LogP) is 1.23. The van der Waals surface area contributed by atoms with Gasteiger partial charge in [-0.2, -0.15) is 14.8 Å². The largest absolute Gasteiger partial charge is 0.352 e. The number of likely N-dealkylation sites (tertiary alicyclic amines) is 1. The number of rotatable bonds is 4. The molecule has 1 amide bonds. The van der Waals surface area contributed by atoms with Crippen LogP contribution in [0.15, 0.2) is 38.4 Å². The quantitative estimate of drug-likeness (QED) is 0.630. The number of halogens is 1. The number of piperidine rings is 1. The minimum atomic E-state index is -0.710. The Balaban J connectivity index is 1.77. The summed E-state index contributed by atoms with van der Waals surface area (Å²) in [5, 5.41) is 7.81. The first-order valence-corrected chi connectivity index (χ1v) is 9.63. The number of hydrogen-bond acceptors (Lipinski definition) is 7. The van der Waals surface area contributed by atoms with Gasteiger partial charge in [0.05, 0.1) is 5.69 Å². The second-order valence-electron chi connectivity index (χ2n) is 6.84. The Bertz CT molecular complexity index is 1190. The van der Waals surface area contributed by atoms with Gasteiger partial charge in [0.1, 0.15) is 5.82 Å². The maximum atomic E-state index is 13.3. The van der Waals surface area contributed by atoms with E-state index in [-0.39, 0.29) is 29.6 Å². The maximum absolute atomic E-state index is 13.3. The van der Waals surface area contributed by atoms with Crippen LogP contribution in [0.3, 0.4) is 0 Å². The molecule has 0 aliphatic carbocycles. The van der Waals surface area contributed by atoms with Crippen molar-refractivity contribution in [3.05, 3.63) is 56.8 Å². The number of benzene rings is 1. The maximum Gasteiger partial charge on any atom is 0.352 e. The average Bonchev–Trinajstić information content (AvgIpc) is 3.25. The summed E-state index contributed by atoms with van der Waals surface area (Å²) >= 11 is 0. The molecule has 0 unspecified atom stereocenters. The highest BCUT2D eigenvalue weighted by atomic mass is 19.1. The first-order valence-electron chi connectivity index (χ1n) is 9.63. The second-order valence-corrected chi connectivity index (χ2v) is 6.84. The molecule has 1 fully saturated rings. The molecule has 2 aromatic heterocycles. The van der Waals surface area contributed by atoms with Crippen LogP contribution in [0.2, 0.25) is 0 Å². The second kappa shape index (κ2) is 8.01. The van der Waals surface area contributed by atoms with Crippen molar-refractivity contribution in [1.82, 2.24) is 29.4 Å². The number of amides is 1. The summed E-state index contributed by atoms with van der Waals surface area (Å²) in [5.74, 6) is -1.32. The Hall–Kier alpha value is -3.63. The Kier molecular flexibility index (Phi) is 5.25. The van der Waals surface area contributed by atoms with E-state index in [2.05, 4.69) is 15.2 Å². The molecule has 3 aromatic rings. The topological polar surface area (TPSA) is 116 Å². The van der Waals surface area contributed by atoms with Crippen LogP contribution in [0.4, 0.5) is 4.39 Å². The molecule has 0 radical (unpaired) electrons. The van der Waals surface area contributed by atoms with Crippen LogP contribution >= 0.6 is 0 Å². The van der Waals surface area contributed by atoms with Crippen molar-refractivity contribution in [3.63, 3.8) is 0 Å². The number of carbonyl (C=O) groups excluding carboxylic acids is 1. The lowest BCUT2D eigenvalue weighted by Gasteiger charge is -2.24. The van der Waals surface area contributed by atoms with Crippen LogP contribution < -0.4 is 11.2 Å². The molecule has 0 saturated carbocycles. The van der Waals surface area contributed by atoms with E-state index in [4.69, 9.17) is 4.52 Å². The van der Waals surface area contributed by atoms with E-state index in [0.717, 1.165) is 28.5 Å². The minimum Gasteiger partial charge on any atom is -0.334 e. The average molecular weight is 414 g/mol. The highest BCUT2D eigenvalue weighted by Gasteiger charge is 2.26. The summed E-state index contributed by atoms with van der Waals surface area (Å²) in [6.45, 7) is 2.91. The van der Waals surface area contributed by atoms with E-state index in [1.807, 2.05) is 0 Å². The fourth-order valence-electron chi connectivity index (χ4n) is 3.32. The lowest BCUT2D eigenvalue weighted by atomic mass is 10.1. The van der Waals surface area contributed by atoms with Gasteiger partial charge in [0.2, 0.25) is 5.82 Å². The smallest absolute Gasteiger partial charge is 0.334 e. The molecule has 156 valence electrons. The van der Waals surface area contributed by atoms with Crippen molar-refractivity contribution in [1.29, 1.82) is 0 Å². The van der Waals surface area contributed by atoms with Crippen LogP contribution in [0.1, 0.15) is 36.9 Å². The molecule has 1 aliphatic heterocycles. The molecule has 0 atom stereocenters. The molecular weight excluding hydrogens is 395 g/mol. The van der Waals surface area contributed by atoms with Gasteiger partial charge in [-0.25, -0.2) is 9.18 Å². The molecule has 11 heteroatoms. The van der Waals surface area contributed by atoms with Crippen molar-refractivity contribution < 1.29 is 13.7 Å². The summed E-state index contributed by atoms with van der Waals surface area (Å²) in [6.07, 6.45) is 2.86. The van der Waals surface area contributed by atoms with E-state index >= 15 is 0 Å². The summed E-state index contributed by atoms with van der Waals surface area (Å²) in [4.78, 5) is 43.6. The lowest BCUT2D eigenvalue weighted by Crippen LogP contribution is -2.41. The van der Waals surface area contributed by atoms with Crippen molar-refractivity contribution in [2.24, 2.45) is 0 Å². The fourth-order valence-corrected chi connectivity index (χ4v) is 3.32. The van der Waals surface area contributed by atoms with Gasteiger partial charge in [0.15, 0.2) is 5.69 Å². The standard InChI is InChI=1S/C19H19FN6O4/c1-2-25-17(27)14(22-26(19(25)29)13-8-6-12(20)7-9-13)15-21-16(30-23-15)18(28)24-10-4-3-5-11-24/h6-9H,2-5,10-11H2,1H3. The normalized spacial score (nSPS) is 14.1. The van der Waals surface area contributed by atoms with E-state index < -0.39 is 23.0 Å². The van der Waals surface area contributed by atoms with Crippen molar-refractivity contribution in [2.75, 3.05) is 13.1 Å². The van der Waals surface area contributed by atoms with Crippen molar-refractivity contribution in [2.45, 2.75) is 32.7 Å². The van der Waals surface area contributed by atoms with Crippen LogP contribution in [-0.2, 0) is 6.54 Å². The summed E-state index contributed by atoms with van der Waals surface area (Å²) in [7, 11) is 0. The zero-order chi connectivity index (χ0) is 21.3. The highest BCUT2D eigenvalue weighted by molar-refractivity contribution is 5.90. The van der Waals surface area contributed by atoms with Gasteiger partial charge in [-0.3, -0.25) is 14.2 Å². The lowest BCUT2D eigenvalue weighted by molar-refractivity contribution is 0.0674. The molecular formula is C19H19FN6O4. The SMILES string of the molecule is CCn1c(=O)c(-c2noc(C(=O)N3CCCCC3)n2)nn(-c2ccc(F)cc2)c1=O. The van der Waals surface area contributed by atoms with Crippen molar-refractivity contribution >= 4 is 5.91 Å². The molecule has 0 N–H and O–H groups in total. The van der Waals surface area contributed by atoms with E-state index in [0.29, 0.717) is 13.1 Å². The summed E-state index contributed by atoms with van der Waals surface area (Å²) in [5.41, 5.74) is -1.38. The molecule has 30 heavy (non-hydrogen) atoms. The predicted molar refractivity (Wildman–Crippen MR) is 103 cm³/mol. The van der Waals surface area contributed by atoms with Gasteiger partial charge < -0.3 is 9.42 Å². The first kappa shape index (κ1) is 19.7. The number of nitrogens with zero attached hydrogens (tertiary/aromatic N) is 6. The minimum absolute atomic E-state index is 0.0752. The van der Waals surface area contributed by atoms with Gasteiger partial charge in [-0.15, -0.1) is 0 Å². The third kappa shape index (κ3) is 3.53. The van der Waals surface area contributed by atoms with Gasteiger partial charge in [-0.1, -0.05) is 5.16 Å². The number of aromatic nitrogens is 5. The third-order valence-electron chi connectivity index (χ3n) is 4.91. The molecule has 3 heterocycles. The Morgan fingerprint density at radius 2 is 1.83 bits per heavy atom. The molecule has 0 bridgehead atoms. The highest BCUT2D eigenvalue weighted by Crippen LogP contribution is 2.15. The first-order chi connectivity index (χ1) is 14.5. The zero-order valence-corrected chi connectivity index (χ0v) is 16.2. The zero-order valence-electron chi connectivity index (χ0n) is 16.2. The Morgan fingerprint density at radius 1 is 1.13 bits per heavy atom. The number of hydrogen-bond donors (Lipinski definition) is 0. The van der Waals surface area contributed by atoms with Crippen LogP contribution in [0.5, 0.6) is 0 Å². The van der Waals surface area contributed by atoms with Gasteiger partial charge in [0, 0.05) is 19.6 Å². The van der Waals surface area contributed by atoms with Gasteiger partial charge in [0.25, 0.3) is 5.56 Å². The number of carbonyl (C=O) groups is 1. The summed E-state index contributed by atoms with van der Waals surface area (Å²) in [6, 6.07) is 5.07. The Labute approximate surface area is 169 Å². The summed E-state index contributed by atoms with van der Waals surface area (Å²) < 4.78 is 20.2. The molecule has 1 aliphatic rings. The van der Waals surface area contributed by atoms with Crippen molar-refractivity contribution in [3.8, 4) is 17.2 Å². The Morgan fingerprint density at radius 3 is 2.50 bits per heavy atom. The molecule has 4 rings (SSSR count). The third-order valence-corrected chi connectivity index (χ3v) is 4.91. The van der Waals surface area contributed by atoms with E-state index in [1.165, 1.54) is 24.3 Å². The molecule has 1 aromatic carbocycles. The van der Waals surface area contributed by atoms with Crippen LogP contribution in [-0.4, -0.2) is 48.4 Å². The van der Waals surface area contributed by atoms with E-state index in [1.54, 1.807) is 11.8 Å². The van der Waals surface area contributed by atoms with Gasteiger partial charge >= 0.3 is 17.5 Å². The fraction of sp³-hybridized carbons (Fsp3) is 0.368. The van der Waals surface area contributed by atoms with Crippen LogP contribution in [0, 0.1) is 5.82 Å².